The van der Waals surface area contributed by atoms with Crippen molar-refractivity contribution in [2.45, 2.75) is 19.4 Å². The van der Waals surface area contributed by atoms with Crippen molar-refractivity contribution in [2.24, 2.45) is 5.16 Å². The third-order valence-electron chi connectivity index (χ3n) is 1.98. The lowest BCUT2D eigenvalue weighted by Gasteiger charge is -2.23. The Kier molecular flexibility index (Phi) is 3.50. The normalized spacial score (nSPS) is 11.6. The van der Waals surface area contributed by atoms with Gasteiger partial charge >= 0.3 is 0 Å². The first kappa shape index (κ1) is 11.3. The Morgan fingerprint density at radius 1 is 1.40 bits per heavy atom. The smallest absolute Gasteiger partial charge is 0.129 e. The summed E-state index contributed by atoms with van der Waals surface area (Å²) in [4.78, 5) is 0. The van der Waals surface area contributed by atoms with Gasteiger partial charge in [0.1, 0.15) is 11.4 Å². The maximum absolute atomic E-state index is 8.49. The van der Waals surface area contributed by atoms with Crippen LogP contribution in [0.4, 0.5) is 0 Å². The number of para-hydroxylation sites is 1. The number of ether oxygens (including phenoxy) is 1. The molecule has 15 heavy (non-hydrogen) atoms. The van der Waals surface area contributed by atoms with E-state index < -0.39 is 5.60 Å². The highest BCUT2D eigenvalue weighted by atomic mass is 16.5. The van der Waals surface area contributed by atoms with Crippen molar-refractivity contribution in [3.8, 4) is 5.75 Å². The quantitative estimate of drug-likeness (QED) is 0.355. The minimum Gasteiger partial charge on any atom is -0.483 e. The van der Waals surface area contributed by atoms with Crippen molar-refractivity contribution < 1.29 is 9.94 Å². The van der Waals surface area contributed by atoms with E-state index in [-0.39, 0.29) is 0 Å². The second-order valence-corrected chi connectivity index (χ2v) is 3.69. The summed E-state index contributed by atoms with van der Waals surface area (Å²) < 4.78 is 5.71. The SMILES string of the molecule is C=CC(C)(C)Oc1ccccc1/C=N/O. The van der Waals surface area contributed by atoms with Gasteiger partial charge in [-0.05, 0) is 32.1 Å². The summed E-state index contributed by atoms with van der Waals surface area (Å²) in [7, 11) is 0. The second-order valence-electron chi connectivity index (χ2n) is 3.69. The lowest BCUT2D eigenvalue weighted by atomic mass is 10.1. The lowest BCUT2D eigenvalue weighted by Crippen LogP contribution is -2.25. The number of benzene rings is 1. The zero-order valence-corrected chi connectivity index (χ0v) is 8.97. The maximum atomic E-state index is 8.49. The van der Waals surface area contributed by atoms with Gasteiger partial charge in [-0.2, -0.15) is 0 Å². The molecule has 3 heteroatoms. The predicted octanol–water partition coefficient (Wildman–Crippen LogP) is 2.84. The molecule has 0 radical (unpaired) electrons. The number of nitrogens with zero attached hydrogens (tertiary/aromatic N) is 1. The van der Waals surface area contributed by atoms with E-state index in [2.05, 4.69) is 11.7 Å². The van der Waals surface area contributed by atoms with E-state index in [4.69, 9.17) is 9.94 Å². The van der Waals surface area contributed by atoms with Crippen LogP contribution in [-0.2, 0) is 0 Å². The Morgan fingerprint density at radius 2 is 2.07 bits per heavy atom. The zero-order valence-electron chi connectivity index (χ0n) is 8.97. The van der Waals surface area contributed by atoms with Gasteiger partial charge in [0, 0.05) is 5.56 Å². The molecule has 1 aromatic rings. The van der Waals surface area contributed by atoms with Gasteiger partial charge in [0.2, 0.25) is 0 Å². The van der Waals surface area contributed by atoms with E-state index in [1.165, 1.54) is 6.21 Å². The van der Waals surface area contributed by atoms with Crippen molar-refractivity contribution in [3.05, 3.63) is 42.5 Å². The Balaban J connectivity index is 2.98. The van der Waals surface area contributed by atoms with Crippen molar-refractivity contribution in [3.63, 3.8) is 0 Å². The molecule has 0 saturated carbocycles. The van der Waals surface area contributed by atoms with Gasteiger partial charge < -0.3 is 9.94 Å². The molecule has 0 amide bonds. The first-order valence-corrected chi connectivity index (χ1v) is 4.68. The molecule has 0 spiro atoms. The molecule has 0 aliphatic rings. The Bertz CT molecular complexity index is 370. The minimum absolute atomic E-state index is 0.445. The second kappa shape index (κ2) is 4.64. The maximum Gasteiger partial charge on any atom is 0.129 e. The van der Waals surface area contributed by atoms with Gasteiger partial charge in [-0.15, -0.1) is 0 Å². The Hall–Kier alpha value is -1.77. The zero-order chi connectivity index (χ0) is 11.3. The van der Waals surface area contributed by atoms with Gasteiger partial charge in [-0.3, -0.25) is 0 Å². The first-order chi connectivity index (χ1) is 7.09. The molecule has 0 fully saturated rings. The van der Waals surface area contributed by atoms with E-state index in [0.29, 0.717) is 5.75 Å². The van der Waals surface area contributed by atoms with Gasteiger partial charge in [0.25, 0.3) is 0 Å². The van der Waals surface area contributed by atoms with Crippen molar-refractivity contribution in [1.29, 1.82) is 0 Å². The van der Waals surface area contributed by atoms with E-state index in [0.717, 1.165) is 5.56 Å². The first-order valence-electron chi connectivity index (χ1n) is 4.68. The third-order valence-corrected chi connectivity index (χ3v) is 1.98. The summed E-state index contributed by atoms with van der Waals surface area (Å²) in [6, 6.07) is 7.35. The molecule has 3 nitrogen and oxygen atoms in total. The fourth-order valence-electron chi connectivity index (χ4n) is 1.07. The summed E-state index contributed by atoms with van der Waals surface area (Å²) in [6.45, 7) is 7.52. The van der Waals surface area contributed by atoms with Gasteiger partial charge in [-0.1, -0.05) is 23.9 Å². The van der Waals surface area contributed by atoms with Gasteiger partial charge in [0.05, 0.1) is 6.21 Å². The van der Waals surface area contributed by atoms with Crippen LogP contribution in [0.1, 0.15) is 19.4 Å². The molecule has 1 aromatic carbocycles. The number of hydrogen-bond donors (Lipinski definition) is 1. The topological polar surface area (TPSA) is 41.8 Å². The highest BCUT2D eigenvalue weighted by Crippen LogP contribution is 2.22. The fourth-order valence-corrected chi connectivity index (χ4v) is 1.07. The molecule has 80 valence electrons. The molecule has 0 bridgehead atoms. The molecule has 0 aliphatic heterocycles. The molecule has 0 aromatic heterocycles. The monoisotopic (exact) mass is 205 g/mol. The molecule has 0 heterocycles. The Morgan fingerprint density at radius 3 is 2.67 bits per heavy atom. The van der Waals surface area contributed by atoms with Gasteiger partial charge in [-0.25, -0.2) is 0 Å². The molecule has 1 rings (SSSR count). The van der Waals surface area contributed by atoms with E-state index in [9.17, 15) is 0 Å². The van der Waals surface area contributed by atoms with E-state index in [1.54, 1.807) is 6.08 Å². The van der Waals surface area contributed by atoms with Crippen LogP contribution in [0.2, 0.25) is 0 Å². The van der Waals surface area contributed by atoms with Gasteiger partial charge in [0.15, 0.2) is 0 Å². The summed E-state index contributed by atoms with van der Waals surface area (Å²) in [6.07, 6.45) is 3.06. The van der Waals surface area contributed by atoms with Crippen molar-refractivity contribution in [2.75, 3.05) is 0 Å². The van der Waals surface area contributed by atoms with Crippen LogP contribution >= 0.6 is 0 Å². The molecular formula is C12H15NO2. The molecule has 0 atom stereocenters. The van der Waals surface area contributed by atoms with Crippen LogP contribution in [-0.4, -0.2) is 17.0 Å². The average molecular weight is 205 g/mol. The van der Waals surface area contributed by atoms with E-state index in [1.807, 2.05) is 38.1 Å². The predicted molar refractivity (Wildman–Crippen MR) is 60.7 cm³/mol. The largest absolute Gasteiger partial charge is 0.483 e. The minimum atomic E-state index is -0.445. The van der Waals surface area contributed by atoms with Crippen LogP contribution in [0.3, 0.4) is 0 Å². The summed E-state index contributed by atoms with van der Waals surface area (Å²) in [5.74, 6) is 0.667. The van der Waals surface area contributed by atoms with Crippen LogP contribution in [0, 0.1) is 0 Å². The molecule has 1 N–H and O–H groups in total. The highest BCUT2D eigenvalue weighted by molar-refractivity contribution is 5.82. The van der Waals surface area contributed by atoms with Crippen LogP contribution in [0.25, 0.3) is 0 Å². The van der Waals surface area contributed by atoms with E-state index >= 15 is 0 Å². The third kappa shape index (κ3) is 3.13. The number of hydrogen-bond acceptors (Lipinski definition) is 3. The lowest BCUT2D eigenvalue weighted by molar-refractivity contribution is 0.162. The molecular weight excluding hydrogens is 190 g/mol. The molecule has 0 aliphatic carbocycles. The molecule has 0 saturated heterocycles. The summed E-state index contributed by atoms with van der Waals surface area (Å²) in [5, 5.41) is 11.5. The standard InChI is InChI=1S/C12H15NO2/c1-4-12(2,3)15-11-8-6-5-7-10(11)9-13-14/h4-9,14H,1H2,2-3H3/b13-9+. The van der Waals surface area contributed by atoms with Crippen molar-refractivity contribution in [1.82, 2.24) is 0 Å². The average Bonchev–Trinajstić information content (AvgIpc) is 2.21. The van der Waals surface area contributed by atoms with Crippen LogP contribution in [0.15, 0.2) is 42.1 Å². The Labute approximate surface area is 89.7 Å². The summed E-state index contributed by atoms with van der Waals surface area (Å²) >= 11 is 0. The van der Waals surface area contributed by atoms with Crippen LogP contribution in [0.5, 0.6) is 5.75 Å². The fraction of sp³-hybridized carbons (Fsp3) is 0.250. The molecule has 0 unspecified atom stereocenters. The number of oxime groups is 1. The van der Waals surface area contributed by atoms with Crippen molar-refractivity contribution >= 4 is 6.21 Å². The van der Waals surface area contributed by atoms with Crippen LogP contribution < -0.4 is 4.74 Å². The summed E-state index contributed by atoms with van der Waals surface area (Å²) in [5.41, 5.74) is 0.286. The number of rotatable bonds is 4. The highest BCUT2D eigenvalue weighted by Gasteiger charge is 2.15.